The lowest BCUT2D eigenvalue weighted by atomic mass is 10.1. The summed E-state index contributed by atoms with van der Waals surface area (Å²) >= 11 is 1.52. The van der Waals surface area contributed by atoms with Crippen LogP contribution in [0.1, 0.15) is 22.5 Å². The van der Waals surface area contributed by atoms with Gasteiger partial charge in [-0.15, -0.1) is 11.8 Å². The summed E-state index contributed by atoms with van der Waals surface area (Å²) in [4.78, 5) is 21.2. The topological polar surface area (TPSA) is 42.9 Å². The summed E-state index contributed by atoms with van der Waals surface area (Å²) in [5.74, 6) is 0.284. The number of hydrogen-bond acceptors (Lipinski definition) is 4. The van der Waals surface area contributed by atoms with Crippen LogP contribution in [-0.4, -0.2) is 21.5 Å². The van der Waals surface area contributed by atoms with Gasteiger partial charge in [-0.1, -0.05) is 12.1 Å². The van der Waals surface area contributed by atoms with Gasteiger partial charge in [-0.3, -0.25) is 4.79 Å². The molecule has 3 rings (SSSR count). The smallest absolute Gasteiger partial charge is 0.163 e. The first-order valence-electron chi connectivity index (χ1n) is 7.28. The largest absolute Gasteiger partial charge is 0.294 e. The number of halogens is 1. The van der Waals surface area contributed by atoms with Gasteiger partial charge in [0.15, 0.2) is 5.78 Å². The molecular formula is C18H15FN2OS. The maximum atomic E-state index is 12.9. The van der Waals surface area contributed by atoms with Gasteiger partial charge in [0, 0.05) is 17.7 Å². The molecule has 0 unspecified atom stereocenters. The van der Waals surface area contributed by atoms with E-state index in [2.05, 4.69) is 9.97 Å². The fourth-order valence-corrected chi connectivity index (χ4v) is 3.13. The fourth-order valence-electron chi connectivity index (χ4n) is 2.23. The Morgan fingerprint density at radius 1 is 1.04 bits per heavy atom. The van der Waals surface area contributed by atoms with Crippen LogP contribution in [0.4, 0.5) is 4.39 Å². The maximum absolute atomic E-state index is 12.9. The van der Waals surface area contributed by atoms with Gasteiger partial charge < -0.3 is 0 Å². The van der Waals surface area contributed by atoms with Crippen LogP contribution in [-0.2, 0) is 0 Å². The van der Waals surface area contributed by atoms with Crippen LogP contribution in [0.25, 0.3) is 11.0 Å². The average Bonchev–Trinajstić information content (AvgIpc) is 2.56. The number of nitrogens with zero attached hydrogens (tertiary/aromatic N) is 2. The molecule has 0 fully saturated rings. The van der Waals surface area contributed by atoms with Crippen molar-refractivity contribution in [3.05, 3.63) is 65.6 Å². The summed E-state index contributed by atoms with van der Waals surface area (Å²) in [6.45, 7) is 1.92. The number of hydrogen-bond donors (Lipinski definition) is 0. The Labute approximate surface area is 138 Å². The van der Waals surface area contributed by atoms with Gasteiger partial charge in [0.25, 0.3) is 0 Å². The van der Waals surface area contributed by atoms with Crippen molar-refractivity contribution in [1.82, 2.24) is 9.97 Å². The number of para-hydroxylation sites is 2. The highest BCUT2D eigenvalue weighted by Crippen LogP contribution is 2.23. The second-order valence-corrected chi connectivity index (χ2v) is 6.22. The van der Waals surface area contributed by atoms with Crippen LogP contribution >= 0.6 is 11.8 Å². The van der Waals surface area contributed by atoms with Crippen LogP contribution in [0.2, 0.25) is 0 Å². The van der Waals surface area contributed by atoms with E-state index in [1.165, 1.54) is 36.0 Å². The number of ketones is 1. The Morgan fingerprint density at radius 3 is 2.39 bits per heavy atom. The summed E-state index contributed by atoms with van der Waals surface area (Å²) in [6.07, 6.45) is 0.379. The minimum Gasteiger partial charge on any atom is -0.294 e. The van der Waals surface area contributed by atoms with E-state index in [9.17, 15) is 9.18 Å². The van der Waals surface area contributed by atoms with E-state index < -0.39 is 0 Å². The molecule has 0 bridgehead atoms. The van der Waals surface area contributed by atoms with Crippen molar-refractivity contribution in [2.75, 3.05) is 5.75 Å². The first-order valence-corrected chi connectivity index (χ1v) is 8.27. The molecule has 0 saturated heterocycles. The highest BCUT2D eigenvalue weighted by molar-refractivity contribution is 7.99. The highest BCUT2D eigenvalue weighted by Gasteiger charge is 2.09. The van der Waals surface area contributed by atoms with Gasteiger partial charge in [0.05, 0.1) is 16.7 Å². The number of fused-ring (bicyclic) bond motifs is 1. The van der Waals surface area contributed by atoms with Gasteiger partial charge in [0.1, 0.15) is 10.8 Å². The number of benzene rings is 2. The van der Waals surface area contributed by atoms with Crippen LogP contribution < -0.4 is 0 Å². The minimum absolute atomic E-state index is 0.00361. The number of carbonyl (C=O) groups excluding carboxylic acids is 1. The Kier molecular flexibility index (Phi) is 4.67. The van der Waals surface area contributed by atoms with Crippen LogP contribution in [0.5, 0.6) is 0 Å². The molecule has 23 heavy (non-hydrogen) atoms. The third kappa shape index (κ3) is 3.74. The SMILES string of the molecule is Cc1nc2ccccc2nc1SCCC(=O)c1ccc(F)cc1. The zero-order valence-electron chi connectivity index (χ0n) is 12.6. The van der Waals surface area contributed by atoms with E-state index >= 15 is 0 Å². The number of carbonyl (C=O) groups is 1. The normalized spacial score (nSPS) is 10.9. The summed E-state index contributed by atoms with van der Waals surface area (Å²) in [5, 5.41) is 0.843. The molecule has 0 atom stereocenters. The van der Waals surface area contributed by atoms with Gasteiger partial charge in [0.2, 0.25) is 0 Å². The van der Waals surface area contributed by atoms with E-state index in [-0.39, 0.29) is 11.6 Å². The second kappa shape index (κ2) is 6.87. The van der Waals surface area contributed by atoms with Gasteiger partial charge in [-0.25, -0.2) is 14.4 Å². The Bertz CT molecular complexity index is 849. The molecule has 1 heterocycles. The molecule has 116 valence electrons. The lowest BCUT2D eigenvalue weighted by Gasteiger charge is -2.06. The predicted octanol–water partition coefficient (Wildman–Crippen LogP) is 4.44. The number of Topliss-reactive ketones (excluding diaryl/α,β-unsaturated/α-hetero) is 1. The van der Waals surface area contributed by atoms with Crippen molar-refractivity contribution in [3.8, 4) is 0 Å². The Hall–Kier alpha value is -2.27. The average molecular weight is 326 g/mol. The lowest BCUT2D eigenvalue weighted by molar-refractivity contribution is 0.0989. The molecule has 0 saturated carbocycles. The molecule has 0 aliphatic heterocycles. The van der Waals surface area contributed by atoms with Gasteiger partial charge in [-0.05, 0) is 43.3 Å². The van der Waals surface area contributed by atoms with Gasteiger partial charge >= 0.3 is 0 Å². The first kappa shape index (κ1) is 15.6. The van der Waals surface area contributed by atoms with Crippen molar-refractivity contribution >= 4 is 28.6 Å². The second-order valence-electron chi connectivity index (χ2n) is 5.13. The number of thioether (sulfide) groups is 1. The molecule has 0 amide bonds. The highest BCUT2D eigenvalue weighted by atomic mass is 32.2. The number of aromatic nitrogens is 2. The Morgan fingerprint density at radius 2 is 1.70 bits per heavy atom. The predicted molar refractivity (Wildman–Crippen MR) is 90.3 cm³/mol. The van der Waals surface area contributed by atoms with Crippen LogP contribution in [0, 0.1) is 12.7 Å². The summed E-state index contributed by atoms with van der Waals surface area (Å²) < 4.78 is 12.9. The fraction of sp³-hybridized carbons (Fsp3) is 0.167. The van der Waals surface area contributed by atoms with E-state index in [4.69, 9.17) is 0 Å². The number of rotatable bonds is 5. The third-order valence-corrected chi connectivity index (χ3v) is 4.50. The molecule has 0 radical (unpaired) electrons. The molecule has 0 aliphatic rings. The first-order chi connectivity index (χ1) is 11.1. The van der Waals surface area contributed by atoms with Crippen molar-refractivity contribution in [2.24, 2.45) is 0 Å². The molecule has 3 nitrogen and oxygen atoms in total. The monoisotopic (exact) mass is 326 g/mol. The minimum atomic E-state index is -0.335. The zero-order chi connectivity index (χ0) is 16.2. The molecule has 2 aromatic carbocycles. The van der Waals surface area contributed by atoms with Crippen LogP contribution in [0.15, 0.2) is 53.6 Å². The van der Waals surface area contributed by atoms with E-state index in [0.717, 1.165) is 21.8 Å². The maximum Gasteiger partial charge on any atom is 0.163 e. The molecule has 0 aliphatic carbocycles. The molecule has 3 aromatic rings. The summed E-state index contributed by atoms with van der Waals surface area (Å²) in [5.41, 5.74) is 3.12. The Balaban J connectivity index is 1.65. The van der Waals surface area contributed by atoms with E-state index in [1.807, 2.05) is 31.2 Å². The third-order valence-electron chi connectivity index (χ3n) is 3.44. The van der Waals surface area contributed by atoms with Crippen molar-refractivity contribution in [3.63, 3.8) is 0 Å². The lowest BCUT2D eigenvalue weighted by Crippen LogP contribution is -2.01. The van der Waals surface area contributed by atoms with Crippen molar-refractivity contribution in [1.29, 1.82) is 0 Å². The summed E-state index contributed by atoms with van der Waals surface area (Å²) in [6, 6.07) is 13.4. The quantitative estimate of drug-likeness (QED) is 0.513. The van der Waals surface area contributed by atoms with Crippen molar-refractivity contribution in [2.45, 2.75) is 18.4 Å². The van der Waals surface area contributed by atoms with E-state index in [0.29, 0.717) is 17.7 Å². The van der Waals surface area contributed by atoms with Crippen molar-refractivity contribution < 1.29 is 9.18 Å². The number of aryl methyl sites for hydroxylation is 1. The summed E-state index contributed by atoms with van der Waals surface area (Å²) in [7, 11) is 0. The van der Waals surface area contributed by atoms with Gasteiger partial charge in [-0.2, -0.15) is 0 Å². The van der Waals surface area contributed by atoms with Crippen LogP contribution in [0.3, 0.4) is 0 Å². The molecule has 5 heteroatoms. The molecule has 0 spiro atoms. The molecule has 0 N–H and O–H groups in total. The molecule has 1 aromatic heterocycles. The zero-order valence-corrected chi connectivity index (χ0v) is 13.4. The standard InChI is InChI=1S/C18H15FN2OS/c1-12-18(21-16-5-3-2-4-15(16)20-12)23-11-10-17(22)13-6-8-14(19)9-7-13/h2-9H,10-11H2,1H3. The van der Waals surface area contributed by atoms with E-state index in [1.54, 1.807) is 0 Å². The molecular weight excluding hydrogens is 311 g/mol.